The molecular weight excluding hydrogens is 626 g/mol. The Morgan fingerprint density at radius 1 is 0.760 bits per heavy atom. The largest absolute Gasteiger partial charge is 0.437 e. The zero-order valence-electron chi connectivity index (χ0n) is 27.2. The molecule has 1 saturated carbocycles. The highest BCUT2D eigenvalue weighted by atomic mass is 16.6. The highest BCUT2D eigenvalue weighted by Crippen LogP contribution is 2.65. The van der Waals surface area contributed by atoms with E-state index in [1.165, 1.54) is 6.92 Å². The normalized spacial score (nSPS) is 23.6. The highest BCUT2D eigenvalue weighted by molar-refractivity contribution is 6.08. The number of benzene rings is 3. The van der Waals surface area contributed by atoms with Crippen LogP contribution in [0.15, 0.2) is 157 Å². The fourth-order valence-electron chi connectivity index (χ4n) is 8.15. The predicted octanol–water partition coefficient (Wildman–Crippen LogP) is 6.26. The van der Waals surface area contributed by atoms with E-state index in [0.29, 0.717) is 28.1 Å². The summed E-state index contributed by atoms with van der Waals surface area (Å²) in [6, 6.07) is 39.0. The number of aliphatic hydroxyl groups is 1. The van der Waals surface area contributed by atoms with E-state index in [-0.39, 0.29) is 0 Å². The van der Waals surface area contributed by atoms with E-state index in [4.69, 9.17) is 9.72 Å². The van der Waals surface area contributed by atoms with Gasteiger partial charge in [-0.15, -0.1) is 0 Å². The Hall–Kier alpha value is -5.99. The van der Waals surface area contributed by atoms with Crippen LogP contribution < -0.4 is 0 Å². The number of hydrogen-bond acceptors (Lipinski definition) is 7. The number of hydrogen-bond donors (Lipinski definition) is 1. The number of ether oxygens (including phenoxy) is 1. The predicted molar refractivity (Wildman–Crippen MR) is 185 cm³/mol. The monoisotopic (exact) mass is 659 g/mol. The molecule has 8 nitrogen and oxygen atoms in total. The van der Waals surface area contributed by atoms with Gasteiger partial charge in [-0.05, 0) is 46.5 Å². The summed E-state index contributed by atoms with van der Waals surface area (Å²) in [5.74, 6) is -4.48. The van der Waals surface area contributed by atoms with Crippen molar-refractivity contribution >= 4 is 23.4 Å². The Kier molecular flexibility index (Phi) is 7.81. The lowest BCUT2D eigenvalue weighted by molar-refractivity contribution is -0.167. The number of likely N-dealkylation sites (tertiary alicyclic amines) is 1. The van der Waals surface area contributed by atoms with Gasteiger partial charge in [0, 0.05) is 42.3 Å². The minimum Gasteiger partial charge on any atom is -0.437 e. The zero-order chi connectivity index (χ0) is 34.4. The number of carbonyl (C=O) groups is 3. The van der Waals surface area contributed by atoms with Crippen molar-refractivity contribution < 1.29 is 24.2 Å². The average molecular weight is 660 g/mol. The van der Waals surface area contributed by atoms with Gasteiger partial charge in [0.05, 0.1) is 23.2 Å². The van der Waals surface area contributed by atoms with Crippen LogP contribution >= 0.6 is 0 Å². The molecule has 2 amide bonds. The molecule has 0 radical (unpaired) electrons. The topological polar surface area (TPSA) is 110 Å². The van der Waals surface area contributed by atoms with Crippen molar-refractivity contribution in [1.29, 1.82) is 0 Å². The van der Waals surface area contributed by atoms with Gasteiger partial charge in [-0.1, -0.05) is 109 Å². The van der Waals surface area contributed by atoms with Crippen LogP contribution in [0.2, 0.25) is 0 Å². The second kappa shape index (κ2) is 12.5. The second-order valence-corrected chi connectivity index (χ2v) is 12.8. The van der Waals surface area contributed by atoms with E-state index in [0.717, 1.165) is 21.6 Å². The van der Waals surface area contributed by atoms with Crippen molar-refractivity contribution in [1.82, 2.24) is 14.9 Å². The smallest absolute Gasteiger partial charge is 0.304 e. The van der Waals surface area contributed by atoms with Crippen molar-refractivity contribution in [3.63, 3.8) is 0 Å². The molecule has 50 heavy (non-hydrogen) atoms. The van der Waals surface area contributed by atoms with E-state index in [1.807, 2.05) is 97.1 Å². The lowest BCUT2D eigenvalue weighted by Gasteiger charge is -2.36. The fraction of sp³-hybridized carbons (Fsp3) is 0.167. The van der Waals surface area contributed by atoms with Gasteiger partial charge in [0.1, 0.15) is 0 Å². The van der Waals surface area contributed by atoms with Crippen molar-refractivity contribution in [2.45, 2.75) is 18.8 Å². The third kappa shape index (κ3) is 4.91. The SMILES string of the molecule is CC(=O)OC(c1ccccc1)N1C(=O)C2C3C=C(C(O)(c4ccccc4)c4ccccn4)C(C3=C(c3ccccc3)c3ccccn3)C2C1=O. The van der Waals surface area contributed by atoms with Crippen LogP contribution in [0.1, 0.15) is 41.2 Å². The molecule has 3 aliphatic rings. The summed E-state index contributed by atoms with van der Waals surface area (Å²) in [6.45, 7) is 1.26. The number of imide groups is 1. The first-order chi connectivity index (χ1) is 24.4. The number of fused-ring (bicyclic) bond motifs is 5. The number of amides is 2. The van der Waals surface area contributed by atoms with Crippen LogP contribution in [0.5, 0.6) is 0 Å². The summed E-state index contributed by atoms with van der Waals surface area (Å²) in [5.41, 5.74) is 3.55. The third-order valence-corrected chi connectivity index (χ3v) is 10.1. The molecule has 2 bridgehead atoms. The van der Waals surface area contributed by atoms with Crippen molar-refractivity contribution in [3.05, 3.63) is 185 Å². The fourth-order valence-corrected chi connectivity index (χ4v) is 8.15. The number of esters is 1. The van der Waals surface area contributed by atoms with Gasteiger partial charge in [-0.3, -0.25) is 24.4 Å². The molecule has 1 saturated heterocycles. The first kappa shape index (κ1) is 31.3. The third-order valence-electron chi connectivity index (χ3n) is 10.1. The van der Waals surface area contributed by atoms with Crippen molar-refractivity contribution in [2.24, 2.45) is 23.7 Å². The van der Waals surface area contributed by atoms with E-state index in [9.17, 15) is 19.5 Å². The van der Waals surface area contributed by atoms with Gasteiger partial charge in [0.2, 0.25) is 18.0 Å². The summed E-state index contributed by atoms with van der Waals surface area (Å²) in [7, 11) is 0. The number of pyridine rings is 2. The lowest BCUT2D eigenvalue weighted by atomic mass is 9.71. The van der Waals surface area contributed by atoms with Gasteiger partial charge in [0.15, 0.2) is 5.60 Å². The molecule has 2 aromatic heterocycles. The Morgan fingerprint density at radius 2 is 1.36 bits per heavy atom. The maximum Gasteiger partial charge on any atom is 0.304 e. The Bertz CT molecular complexity index is 2060. The number of nitrogens with zero attached hydrogens (tertiary/aromatic N) is 3. The van der Waals surface area contributed by atoms with E-state index in [2.05, 4.69) is 4.98 Å². The molecule has 1 N–H and O–H groups in total. The maximum absolute atomic E-state index is 14.9. The van der Waals surface area contributed by atoms with Crippen LogP contribution in [0.25, 0.3) is 5.57 Å². The van der Waals surface area contributed by atoms with Gasteiger partial charge in [0.25, 0.3) is 0 Å². The molecule has 3 heterocycles. The minimum absolute atomic E-state index is 0.399. The molecule has 2 aliphatic carbocycles. The summed E-state index contributed by atoms with van der Waals surface area (Å²) in [4.78, 5) is 52.5. The second-order valence-electron chi connectivity index (χ2n) is 12.8. The van der Waals surface area contributed by atoms with E-state index < -0.39 is 53.3 Å². The number of carbonyl (C=O) groups excluding carboxylic acids is 3. The maximum atomic E-state index is 14.9. The van der Waals surface area contributed by atoms with Gasteiger partial charge < -0.3 is 9.84 Å². The van der Waals surface area contributed by atoms with Crippen LogP contribution in [-0.4, -0.2) is 37.8 Å². The molecule has 6 atom stereocenters. The van der Waals surface area contributed by atoms with Gasteiger partial charge in [-0.25, -0.2) is 4.90 Å². The summed E-state index contributed by atoms with van der Waals surface area (Å²) < 4.78 is 5.71. The minimum atomic E-state index is -1.74. The molecule has 0 spiro atoms. The summed E-state index contributed by atoms with van der Waals surface area (Å²) in [6.07, 6.45) is 4.09. The Balaban J connectivity index is 1.37. The Labute approximate surface area is 289 Å². The number of rotatable bonds is 8. The molecule has 8 heteroatoms. The van der Waals surface area contributed by atoms with E-state index in [1.54, 1.807) is 48.8 Å². The summed E-state index contributed by atoms with van der Waals surface area (Å²) in [5, 5.41) is 13.1. The van der Waals surface area contributed by atoms with Crippen LogP contribution in [0.3, 0.4) is 0 Å². The van der Waals surface area contributed by atoms with Crippen molar-refractivity contribution in [2.75, 3.05) is 0 Å². The molecular formula is C42H33N3O5. The first-order valence-corrected chi connectivity index (χ1v) is 16.6. The van der Waals surface area contributed by atoms with Crippen LogP contribution in [0.4, 0.5) is 0 Å². The highest BCUT2D eigenvalue weighted by Gasteiger charge is 2.68. The number of allylic oxidation sites excluding steroid dienone is 2. The molecule has 1 aliphatic heterocycles. The average Bonchev–Trinajstić information content (AvgIpc) is 3.78. The van der Waals surface area contributed by atoms with Gasteiger partial charge in [-0.2, -0.15) is 0 Å². The standard InChI is InChI=1S/C42H33N3O5/c1-26(46)50-41(28-17-7-3-8-18-28)45-39(47)36-30-25-31(42(49,29-19-9-4-10-20-29)33-22-12-14-24-44-33)37(38(36)40(45)48)35(30)34(27-15-5-2-6-16-27)32-21-11-13-23-43-32/h2-25,30,36-38,41,49H,1H3. The molecule has 2 fully saturated rings. The molecule has 8 rings (SSSR count). The number of aromatic nitrogens is 2. The lowest BCUT2D eigenvalue weighted by Crippen LogP contribution is -2.40. The molecule has 6 unspecified atom stereocenters. The van der Waals surface area contributed by atoms with Crippen LogP contribution in [0, 0.1) is 23.7 Å². The molecule has 3 aromatic carbocycles. The summed E-state index contributed by atoms with van der Waals surface area (Å²) >= 11 is 0. The van der Waals surface area contributed by atoms with E-state index >= 15 is 0 Å². The Morgan fingerprint density at radius 3 is 1.98 bits per heavy atom. The molecule has 246 valence electrons. The molecule has 5 aromatic rings. The quantitative estimate of drug-likeness (QED) is 0.119. The van der Waals surface area contributed by atoms with Crippen molar-refractivity contribution in [3.8, 4) is 0 Å². The first-order valence-electron chi connectivity index (χ1n) is 16.6. The van der Waals surface area contributed by atoms with Crippen LogP contribution in [-0.2, 0) is 24.7 Å². The van der Waals surface area contributed by atoms with Gasteiger partial charge >= 0.3 is 5.97 Å². The zero-order valence-corrected chi connectivity index (χ0v) is 27.2.